The topological polar surface area (TPSA) is 66.4 Å². The third kappa shape index (κ3) is 3.41. The molecule has 2 rings (SSSR count). The number of hydrogen-bond donors (Lipinski definition) is 2. The van der Waals surface area contributed by atoms with Gasteiger partial charge in [0.05, 0.1) is 11.8 Å². The number of carbonyl (C=O) groups is 2. The van der Waals surface area contributed by atoms with Gasteiger partial charge in [-0.2, -0.15) is 0 Å². The first-order valence-electron chi connectivity index (χ1n) is 7.67. The van der Waals surface area contributed by atoms with Crippen molar-refractivity contribution in [2.45, 2.75) is 52.0 Å². The van der Waals surface area contributed by atoms with Crippen molar-refractivity contribution in [3.8, 4) is 0 Å². The highest BCUT2D eigenvalue weighted by molar-refractivity contribution is 5.85. The van der Waals surface area contributed by atoms with Gasteiger partial charge in [0.15, 0.2) is 0 Å². The molecular formula is C16H25NO3. The summed E-state index contributed by atoms with van der Waals surface area (Å²) in [5.41, 5.74) is 0. The number of amides is 1. The molecule has 3 unspecified atom stereocenters. The Morgan fingerprint density at radius 1 is 1.10 bits per heavy atom. The van der Waals surface area contributed by atoms with Crippen molar-refractivity contribution in [2.24, 2.45) is 23.7 Å². The van der Waals surface area contributed by atoms with E-state index in [1.54, 1.807) is 0 Å². The van der Waals surface area contributed by atoms with E-state index in [1.807, 2.05) is 12.2 Å². The molecule has 4 nitrogen and oxygen atoms in total. The minimum absolute atomic E-state index is 0.0758. The van der Waals surface area contributed by atoms with Crippen molar-refractivity contribution in [1.82, 2.24) is 5.32 Å². The number of carboxylic acids is 1. The molecule has 1 saturated carbocycles. The Kier molecular flexibility index (Phi) is 4.84. The lowest BCUT2D eigenvalue weighted by Gasteiger charge is -2.35. The van der Waals surface area contributed by atoms with Crippen LogP contribution in [0.3, 0.4) is 0 Å². The van der Waals surface area contributed by atoms with Crippen LogP contribution in [0.5, 0.6) is 0 Å². The Balaban J connectivity index is 1.96. The molecule has 0 heterocycles. The molecule has 2 aliphatic rings. The average Bonchev–Trinajstić information content (AvgIpc) is 2.41. The summed E-state index contributed by atoms with van der Waals surface area (Å²) < 4.78 is 0. The van der Waals surface area contributed by atoms with Crippen LogP contribution in [0.4, 0.5) is 0 Å². The van der Waals surface area contributed by atoms with Crippen LogP contribution in [0.1, 0.15) is 46.0 Å². The normalized spacial score (nSPS) is 37.4. The van der Waals surface area contributed by atoms with Gasteiger partial charge in [0, 0.05) is 6.04 Å². The van der Waals surface area contributed by atoms with Gasteiger partial charge in [-0.3, -0.25) is 9.59 Å². The van der Waals surface area contributed by atoms with Crippen molar-refractivity contribution >= 4 is 11.9 Å². The number of aliphatic carboxylic acids is 1. The summed E-state index contributed by atoms with van der Waals surface area (Å²) in [5.74, 6) is -0.720. The summed E-state index contributed by atoms with van der Waals surface area (Å²) in [5, 5.41) is 12.3. The van der Waals surface area contributed by atoms with E-state index in [1.165, 1.54) is 0 Å². The highest BCUT2D eigenvalue weighted by atomic mass is 16.4. The van der Waals surface area contributed by atoms with Crippen molar-refractivity contribution in [3.05, 3.63) is 12.2 Å². The second-order valence-corrected chi connectivity index (χ2v) is 6.50. The highest BCUT2D eigenvalue weighted by Crippen LogP contribution is 2.30. The smallest absolute Gasteiger partial charge is 0.307 e. The number of rotatable bonds is 3. The van der Waals surface area contributed by atoms with E-state index < -0.39 is 17.8 Å². The summed E-state index contributed by atoms with van der Waals surface area (Å²) in [6.45, 7) is 4.43. The van der Waals surface area contributed by atoms with Crippen molar-refractivity contribution in [1.29, 1.82) is 0 Å². The first-order valence-corrected chi connectivity index (χ1v) is 7.67. The van der Waals surface area contributed by atoms with E-state index >= 15 is 0 Å². The van der Waals surface area contributed by atoms with Gasteiger partial charge in [0.1, 0.15) is 0 Å². The Hall–Kier alpha value is -1.32. The molecule has 2 aliphatic carbocycles. The number of carboxylic acid groups (broad SMARTS) is 1. The Morgan fingerprint density at radius 2 is 1.75 bits per heavy atom. The fourth-order valence-electron chi connectivity index (χ4n) is 3.55. The second-order valence-electron chi connectivity index (χ2n) is 6.50. The molecule has 0 aliphatic heterocycles. The van der Waals surface area contributed by atoms with Crippen LogP contribution >= 0.6 is 0 Å². The van der Waals surface area contributed by atoms with Crippen molar-refractivity contribution in [2.75, 3.05) is 0 Å². The SMILES string of the molecule is CC1CCC(NC(=O)[C@@H]2CC=CC[C@@H]2C(=O)O)C(C)C1. The van der Waals surface area contributed by atoms with Gasteiger partial charge in [0.25, 0.3) is 0 Å². The van der Waals surface area contributed by atoms with Gasteiger partial charge < -0.3 is 10.4 Å². The molecular weight excluding hydrogens is 254 g/mol. The quantitative estimate of drug-likeness (QED) is 0.780. The maximum atomic E-state index is 12.4. The zero-order chi connectivity index (χ0) is 14.7. The molecule has 20 heavy (non-hydrogen) atoms. The Bertz CT molecular complexity index is 405. The molecule has 1 fully saturated rings. The van der Waals surface area contributed by atoms with Crippen LogP contribution < -0.4 is 5.32 Å². The maximum Gasteiger partial charge on any atom is 0.307 e. The van der Waals surface area contributed by atoms with Gasteiger partial charge >= 0.3 is 5.97 Å². The van der Waals surface area contributed by atoms with Gasteiger partial charge in [-0.25, -0.2) is 0 Å². The van der Waals surface area contributed by atoms with Crippen LogP contribution in [0, 0.1) is 23.7 Å². The fourth-order valence-corrected chi connectivity index (χ4v) is 3.55. The molecule has 2 N–H and O–H groups in total. The van der Waals surface area contributed by atoms with E-state index in [9.17, 15) is 14.7 Å². The lowest BCUT2D eigenvalue weighted by Crippen LogP contribution is -2.47. The zero-order valence-corrected chi connectivity index (χ0v) is 12.3. The lowest BCUT2D eigenvalue weighted by atomic mass is 9.78. The highest BCUT2D eigenvalue weighted by Gasteiger charge is 2.36. The van der Waals surface area contributed by atoms with E-state index in [4.69, 9.17) is 0 Å². The third-order valence-electron chi connectivity index (χ3n) is 4.85. The van der Waals surface area contributed by atoms with Gasteiger partial charge in [-0.15, -0.1) is 0 Å². The van der Waals surface area contributed by atoms with E-state index in [0.29, 0.717) is 18.8 Å². The molecule has 5 atom stereocenters. The zero-order valence-electron chi connectivity index (χ0n) is 12.3. The minimum atomic E-state index is -0.861. The Labute approximate surface area is 120 Å². The van der Waals surface area contributed by atoms with Gasteiger partial charge in [0.2, 0.25) is 5.91 Å². The fraction of sp³-hybridized carbons (Fsp3) is 0.750. The van der Waals surface area contributed by atoms with Crippen LogP contribution in [0.2, 0.25) is 0 Å². The predicted molar refractivity (Wildman–Crippen MR) is 77.1 cm³/mol. The summed E-state index contributed by atoms with van der Waals surface area (Å²) in [7, 11) is 0. The van der Waals surface area contributed by atoms with Gasteiger partial charge in [-0.1, -0.05) is 26.0 Å². The van der Waals surface area contributed by atoms with Crippen LogP contribution in [-0.2, 0) is 9.59 Å². The molecule has 112 valence electrons. The summed E-state index contributed by atoms with van der Waals surface area (Å²) in [6.07, 6.45) is 8.09. The Morgan fingerprint density at radius 3 is 2.35 bits per heavy atom. The largest absolute Gasteiger partial charge is 0.481 e. The summed E-state index contributed by atoms with van der Waals surface area (Å²) in [6, 6.07) is 0.207. The first-order chi connectivity index (χ1) is 9.49. The van der Waals surface area contributed by atoms with Crippen LogP contribution in [-0.4, -0.2) is 23.0 Å². The standard InChI is InChI=1S/C16H25NO3/c1-10-7-8-14(11(2)9-10)17-15(18)12-5-3-4-6-13(12)16(19)20/h3-4,10-14H,5-9H2,1-2H3,(H,17,18)(H,19,20)/t10?,11?,12-,13+,14?/m1/s1. The molecule has 0 saturated heterocycles. The summed E-state index contributed by atoms with van der Waals surface area (Å²) in [4.78, 5) is 23.7. The lowest BCUT2D eigenvalue weighted by molar-refractivity contribution is -0.147. The van der Waals surface area contributed by atoms with Crippen LogP contribution in [0.25, 0.3) is 0 Å². The number of carbonyl (C=O) groups excluding carboxylic acids is 1. The molecule has 4 heteroatoms. The molecule has 0 spiro atoms. The monoisotopic (exact) mass is 279 g/mol. The third-order valence-corrected chi connectivity index (χ3v) is 4.85. The van der Waals surface area contributed by atoms with Crippen molar-refractivity contribution in [3.63, 3.8) is 0 Å². The second kappa shape index (κ2) is 6.42. The van der Waals surface area contributed by atoms with E-state index in [0.717, 1.165) is 25.2 Å². The van der Waals surface area contributed by atoms with Crippen LogP contribution in [0.15, 0.2) is 12.2 Å². The van der Waals surface area contributed by atoms with Gasteiger partial charge in [-0.05, 0) is 43.9 Å². The molecule has 0 aromatic carbocycles. The maximum absolute atomic E-state index is 12.4. The van der Waals surface area contributed by atoms with E-state index in [-0.39, 0.29) is 11.9 Å². The molecule has 0 aromatic rings. The summed E-state index contributed by atoms with van der Waals surface area (Å²) >= 11 is 0. The number of hydrogen-bond acceptors (Lipinski definition) is 2. The number of allylic oxidation sites excluding steroid dienone is 2. The van der Waals surface area contributed by atoms with E-state index in [2.05, 4.69) is 19.2 Å². The predicted octanol–water partition coefficient (Wildman–Crippen LogP) is 2.59. The average molecular weight is 279 g/mol. The molecule has 1 amide bonds. The molecule has 0 radical (unpaired) electrons. The molecule has 0 aromatic heterocycles. The molecule has 0 bridgehead atoms. The van der Waals surface area contributed by atoms with Crippen molar-refractivity contribution < 1.29 is 14.7 Å². The minimum Gasteiger partial charge on any atom is -0.481 e. The first kappa shape index (κ1) is 15.1. The number of nitrogens with one attached hydrogen (secondary N) is 1.